The summed E-state index contributed by atoms with van der Waals surface area (Å²) in [7, 11) is 1.60. The molecule has 1 amide bonds. The van der Waals surface area contributed by atoms with Crippen LogP contribution in [0.5, 0.6) is 0 Å². The first-order chi connectivity index (χ1) is 10.1. The Hall–Kier alpha value is -1.67. The molecule has 0 fully saturated rings. The monoisotopic (exact) mass is 318 g/mol. The number of aromatic nitrogens is 3. The number of carbonyl (C=O) groups is 2. The van der Waals surface area contributed by atoms with Gasteiger partial charge in [0.2, 0.25) is 5.91 Å². The Morgan fingerprint density at radius 1 is 1.43 bits per heavy atom. The van der Waals surface area contributed by atoms with Crippen molar-refractivity contribution < 1.29 is 19.1 Å². The molecular weight excluding hydrogens is 300 g/mol. The first-order valence-electron chi connectivity index (χ1n) is 6.55. The third-order valence-electron chi connectivity index (χ3n) is 2.57. The number of hydrogen-bond donors (Lipinski definition) is 1. The van der Waals surface area contributed by atoms with Crippen molar-refractivity contribution in [1.82, 2.24) is 20.3 Å². The van der Waals surface area contributed by atoms with E-state index in [0.29, 0.717) is 18.8 Å². The van der Waals surface area contributed by atoms with Crippen LogP contribution in [0.25, 0.3) is 0 Å². The van der Waals surface area contributed by atoms with E-state index in [1.54, 1.807) is 14.0 Å². The molecule has 9 heteroatoms. The molecule has 0 aliphatic heterocycles. The Labute approximate surface area is 127 Å². The van der Waals surface area contributed by atoms with Crippen LogP contribution in [0.3, 0.4) is 0 Å². The first-order valence-corrected chi connectivity index (χ1v) is 7.08. The predicted octanol–water partition coefficient (Wildman–Crippen LogP) is 0.346. The summed E-state index contributed by atoms with van der Waals surface area (Å²) in [6, 6.07) is 0. The molecule has 0 saturated carbocycles. The largest absolute Gasteiger partial charge is 0.461 e. The lowest BCUT2D eigenvalue weighted by molar-refractivity contribution is -0.121. The van der Waals surface area contributed by atoms with Gasteiger partial charge in [-0.15, -0.1) is 16.7 Å². The summed E-state index contributed by atoms with van der Waals surface area (Å²) in [4.78, 5) is 23.4. The summed E-state index contributed by atoms with van der Waals surface area (Å²) in [5, 5.41) is 10.2. The number of amides is 1. The van der Waals surface area contributed by atoms with Crippen LogP contribution < -0.4 is 5.32 Å². The van der Waals surface area contributed by atoms with E-state index < -0.39 is 5.97 Å². The van der Waals surface area contributed by atoms with Crippen molar-refractivity contribution >= 4 is 23.5 Å². The van der Waals surface area contributed by atoms with Gasteiger partial charge in [0, 0.05) is 20.3 Å². The van der Waals surface area contributed by atoms with E-state index in [1.165, 1.54) is 4.68 Å². The van der Waals surface area contributed by atoms with E-state index in [4.69, 9.17) is 21.1 Å². The molecule has 0 atom stereocenters. The summed E-state index contributed by atoms with van der Waals surface area (Å²) >= 11 is 5.80. The van der Waals surface area contributed by atoms with Crippen LogP contribution in [0.15, 0.2) is 0 Å². The van der Waals surface area contributed by atoms with Crippen molar-refractivity contribution in [3.63, 3.8) is 0 Å². The molecule has 0 saturated heterocycles. The van der Waals surface area contributed by atoms with Crippen LogP contribution in [0.4, 0.5) is 0 Å². The lowest BCUT2D eigenvalue weighted by Gasteiger charge is -2.07. The summed E-state index contributed by atoms with van der Waals surface area (Å²) in [6.07, 6.45) is 0.718. The van der Waals surface area contributed by atoms with Gasteiger partial charge < -0.3 is 14.8 Å². The minimum Gasteiger partial charge on any atom is -0.461 e. The van der Waals surface area contributed by atoms with Crippen LogP contribution in [0.2, 0.25) is 0 Å². The van der Waals surface area contributed by atoms with Gasteiger partial charge in [-0.25, -0.2) is 9.48 Å². The molecule has 1 heterocycles. The second kappa shape index (κ2) is 9.30. The molecule has 1 N–H and O–H groups in total. The third kappa shape index (κ3) is 5.31. The molecule has 1 rings (SSSR count). The Balaban J connectivity index is 2.62. The molecule has 0 unspecified atom stereocenters. The average molecular weight is 319 g/mol. The summed E-state index contributed by atoms with van der Waals surface area (Å²) in [6.45, 7) is 2.94. The number of nitrogens with one attached hydrogen (secondary N) is 1. The molecule has 8 nitrogen and oxygen atoms in total. The predicted molar refractivity (Wildman–Crippen MR) is 75.0 cm³/mol. The molecule has 0 bridgehead atoms. The van der Waals surface area contributed by atoms with Crippen LogP contribution in [-0.2, 0) is 26.7 Å². The van der Waals surface area contributed by atoms with Gasteiger partial charge in [0.25, 0.3) is 0 Å². The van der Waals surface area contributed by atoms with Crippen LogP contribution in [0.1, 0.15) is 29.5 Å². The van der Waals surface area contributed by atoms with Crippen molar-refractivity contribution in [2.24, 2.45) is 0 Å². The number of alkyl halides is 1. The molecule has 21 heavy (non-hydrogen) atoms. The summed E-state index contributed by atoms with van der Waals surface area (Å²) in [5.41, 5.74) is 0.404. The molecule has 1 aromatic heterocycles. The van der Waals surface area contributed by atoms with E-state index >= 15 is 0 Å². The van der Waals surface area contributed by atoms with Gasteiger partial charge in [0.05, 0.1) is 18.2 Å². The summed E-state index contributed by atoms with van der Waals surface area (Å²) in [5.74, 6) is -0.823. The van der Waals surface area contributed by atoms with Crippen LogP contribution in [0, 0.1) is 0 Å². The van der Waals surface area contributed by atoms with Gasteiger partial charge in [0.1, 0.15) is 6.54 Å². The molecule has 118 valence electrons. The van der Waals surface area contributed by atoms with E-state index in [2.05, 4.69) is 15.6 Å². The number of ether oxygens (including phenoxy) is 2. The highest BCUT2D eigenvalue weighted by Crippen LogP contribution is 2.10. The van der Waals surface area contributed by atoms with E-state index in [0.717, 1.165) is 6.42 Å². The van der Waals surface area contributed by atoms with Gasteiger partial charge in [-0.05, 0) is 13.3 Å². The van der Waals surface area contributed by atoms with Gasteiger partial charge in [-0.1, -0.05) is 5.21 Å². The first kappa shape index (κ1) is 17.4. The standard InChI is InChI=1S/C12H19ClN4O4/c1-3-21-12(19)11-9(7-13)17(16-15-11)8-10(18)14-5-4-6-20-2/h3-8H2,1-2H3,(H,14,18). The minimum absolute atomic E-state index is 0.0120. The fraction of sp³-hybridized carbons (Fsp3) is 0.667. The molecule has 0 aliphatic rings. The summed E-state index contributed by atoms with van der Waals surface area (Å²) < 4.78 is 11.0. The van der Waals surface area contributed by atoms with Crippen molar-refractivity contribution in [2.75, 3.05) is 26.9 Å². The molecule has 0 spiro atoms. The number of halogens is 1. The number of carbonyl (C=O) groups excluding carboxylic acids is 2. The molecular formula is C12H19ClN4O4. The highest BCUT2D eigenvalue weighted by molar-refractivity contribution is 6.17. The minimum atomic E-state index is -0.597. The van der Waals surface area contributed by atoms with Crippen LogP contribution in [-0.4, -0.2) is 53.7 Å². The van der Waals surface area contributed by atoms with E-state index in [1.807, 2.05) is 0 Å². The number of hydrogen-bond acceptors (Lipinski definition) is 6. The SMILES string of the molecule is CCOC(=O)c1nnn(CC(=O)NCCCOC)c1CCl. The fourth-order valence-corrected chi connectivity index (χ4v) is 1.85. The maximum atomic E-state index is 11.7. The highest BCUT2D eigenvalue weighted by atomic mass is 35.5. The van der Waals surface area contributed by atoms with Crippen molar-refractivity contribution in [3.05, 3.63) is 11.4 Å². The molecule has 0 aliphatic carbocycles. The highest BCUT2D eigenvalue weighted by Gasteiger charge is 2.21. The van der Waals surface area contributed by atoms with Gasteiger partial charge in [-0.2, -0.15) is 0 Å². The fourth-order valence-electron chi connectivity index (χ4n) is 1.59. The third-order valence-corrected chi connectivity index (χ3v) is 2.83. The van der Waals surface area contributed by atoms with Crippen molar-refractivity contribution in [1.29, 1.82) is 0 Å². The van der Waals surface area contributed by atoms with Crippen molar-refractivity contribution in [2.45, 2.75) is 25.8 Å². The second-order valence-electron chi connectivity index (χ2n) is 4.09. The lowest BCUT2D eigenvalue weighted by Crippen LogP contribution is -2.30. The maximum Gasteiger partial charge on any atom is 0.360 e. The topological polar surface area (TPSA) is 95.3 Å². The average Bonchev–Trinajstić information content (AvgIpc) is 2.86. The Morgan fingerprint density at radius 2 is 2.19 bits per heavy atom. The Morgan fingerprint density at radius 3 is 2.81 bits per heavy atom. The molecule has 0 aromatic carbocycles. The second-order valence-corrected chi connectivity index (χ2v) is 4.36. The zero-order valence-electron chi connectivity index (χ0n) is 12.1. The Bertz CT molecular complexity index is 478. The normalized spacial score (nSPS) is 10.4. The van der Waals surface area contributed by atoms with E-state index in [9.17, 15) is 9.59 Å². The van der Waals surface area contributed by atoms with Gasteiger partial charge in [0.15, 0.2) is 5.69 Å². The quantitative estimate of drug-likeness (QED) is 0.401. The zero-order valence-corrected chi connectivity index (χ0v) is 12.9. The van der Waals surface area contributed by atoms with E-state index in [-0.39, 0.29) is 30.6 Å². The van der Waals surface area contributed by atoms with Gasteiger partial charge in [-0.3, -0.25) is 4.79 Å². The number of esters is 1. The van der Waals surface area contributed by atoms with Crippen LogP contribution >= 0.6 is 11.6 Å². The van der Waals surface area contributed by atoms with Crippen molar-refractivity contribution in [3.8, 4) is 0 Å². The van der Waals surface area contributed by atoms with Gasteiger partial charge >= 0.3 is 5.97 Å². The Kier molecular flexibility index (Phi) is 7.70. The molecule has 0 radical (unpaired) electrons. The lowest BCUT2D eigenvalue weighted by atomic mass is 10.3. The zero-order chi connectivity index (χ0) is 15.7. The maximum absolute atomic E-state index is 11.7. The smallest absolute Gasteiger partial charge is 0.360 e. The number of methoxy groups -OCH3 is 1. The molecule has 1 aromatic rings. The number of nitrogens with zero attached hydrogens (tertiary/aromatic N) is 3. The number of rotatable bonds is 9.